The molecule has 0 aliphatic rings. The summed E-state index contributed by atoms with van der Waals surface area (Å²) in [5.41, 5.74) is 32.6. The van der Waals surface area contributed by atoms with Crippen LogP contribution in [0.25, 0.3) is 141 Å². The molecule has 0 fully saturated rings. The number of aromatic nitrogens is 4. The Balaban J connectivity index is 0.000000101. The molecule has 0 aliphatic carbocycles. The standard InChI is InChI=1S/C25H17NS.C25H19N.C23H25N.2C19H15N/c1-16-10-12-17(13-11-16)26-22-8-4-2-6-18(22)20-14-21-19-7-3-5-9-24(19)27-25(21)15-23(20)26;1-18-11-14-21(15-12-18)26-24-10-6-5-9-22(24)23-17-20(13-16-25(23)26)19-7-3-2-4-8-19;1-16-6-8-21(9-7-16)24(22-12-17(2)10-18(3)13-22)23-14-19(4)11-20(5)15-23;1-14-7-6-8-15(13-14)20-18-11-4-2-9-16(18)17-10-3-5-12-19(17)20;1-14-10-12-15(13-11-14)20-18-8-4-2-6-16(18)17-7-3-5-9-19(17)20/h2-15H,1H3;2-17H,1H3;6-15H,1-5H3;2*2-13H,1H3. The van der Waals surface area contributed by atoms with Gasteiger partial charge in [-0.3, -0.25) is 0 Å². The van der Waals surface area contributed by atoms with Crippen molar-refractivity contribution >= 4 is 136 Å². The van der Waals surface area contributed by atoms with Crippen molar-refractivity contribution in [1.29, 1.82) is 0 Å². The molecule has 5 heterocycles. The van der Waals surface area contributed by atoms with Crippen LogP contribution < -0.4 is 4.90 Å². The third kappa shape index (κ3) is 14.8. The number of hydrogen-bond donors (Lipinski definition) is 0. The number of para-hydroxylation sites is 6. The molecule has 566 valence electrons. The van der Waals surface area contributed by atoms with E-state index in [1.165, 1.54) is 208 Å². The first-order chi connectivity index (χ1) is 57.2. The van der Waals surface area contributed by atoms with Gasteiger partial charge in [-0.25, -0.2) is 0 Å². The van der Waals surface area contributed by atoms with Crippen LogP contribution in [0, 0.1) is 62.3 Å². The van der Waals surface area contributed by atoms with Gasteiger partial charge in [-0.05, 0) is 253 Å². The minimum atomic E-state index is 1.19. The molecule has 0 bridgehead atoms. The Morgan fingerprint density at radius 1 is 0.171 bits per heavy atom. The highest BCUT2D eigenvalue weighted by Gasteiger charge is 2.20. The predicted molar refractivity (Wildman–Crippen MR) is 505 cm³/mol. The van der Waals surface area contributed by atoms with Crippen molar-refractivity contribution in [3.05, 3.63) is 438 Å². The van der Waals surface area contributed by atoms with E-state index >= 15 is 0 Å². The van der Waals surface area contributed by atoms with E-state index in [1.807, 2.05) is 11.3 Å². The van der Waals surface area contributed by atoms with Gasteiger partial charge in [0.2, 0.25) is 0 Å². The summed E-state index contributed by atoms with van der Waals surface area (Å²) in [5, 5.41) is 13.2. The summed E-state index contributed by atoms with van der Waals surface area (Å²) in [5.74, 6) is 0. The van der Waals surface area contributed by atoms with Crippen molar-refractivity contribution in [2.75, 3.05) is 4.90 Å². The number of fused-ring (bicyclic) bond motifs is 15. The molecule has 22 rings (SSSR count). The fraction of sp³-hybridized carbons (Fsp3) is 0.0811. The van der Waals surface area contributed by atoms with Crippen LogP contribution in [0.4, 0.5) is 17.1 Å². The van der Waals surface area contributed by atoms with Crippen molar-refractivity contribution in [3.63, 3.8) is 0 Å². The highest BCUT2D eigenvalue weighted by Crippen LogP contribution is 2.43. The number of rotatable bonds is 8. The topological polar surface area (TPSA) is 23.0 Å². The molecule has 5 nitrogen and oxygen atoms in total. The van der Waals surface area contributed by atoms with Gasteiger partial charge in [-0.15, -0.1) is 11.3 Å². The lowest BCUT2D eigenvalue weighted by Gasteiger charge is -2.27. The molecule has 17 aromatic carbocycles. The predicted octanol–water partition coefficient (Wildman–Crippen LogP) is 31.1. The van der Waals surface area contributed by atoms with Crippen LogP contribution in [0.5, 0.6) is 0 Å². The lowest BCUT2D eigenvalue weighted by atomic mass is 10.0. The molecular weight excluding hydrogens is 1440 g/mol. The quantitative estimate of drug-likeness (QED) is 0.149. The number of thiophene rings is 1. The van der Waals surface area contributed by atoms with E-state index in [9.17, 15) is 0 Å². The summed E-state index contributed by atoms with van der Waals surface area (Å²) in [6, 6.07) is 140. The van der Waals surface area contributed by atoms with Crippen LogP contribution in [-0.2, 0) is 0 Å². The van der Waals surface area contributed by atoms with Crippen molar-refractivity contribution in [3.8, 4) is 33.9 Å². The number of benzene rings is 17. The number of nitrogens with zero attached hydrogens (tertiary/aromatic N) is 5. The summed E-state index contributed by atoms with van der Waals surface area (Å²) in [6.45, 7) is 19.3. The lowest BCUT2D eigenvalue weighted by Crippen LogP contribution is -2.11. The average molecular weight is 1530 g/mol. The van der Waals surface area contributed by atoms with Crippen LogP contribution in [0.1, 0.15) is 50.1 Å². The fourth-order valence-corrected chi connectivity index (χ4v) is 18.2. The highest BCUT2D eigenvalue weighted by molar-refractivity contribution is 7.25. The van der Waals surface area contributed by atoms with Gasteiger partial charge < -0.3 is 23.2 Å². The molecule has 0 unspecified atom stereocenters. The minimum absolute atomic E-state index is 1.19. The van der Waals surface area contributed by atoms with Gasteiger partial charge in [0.1, 0.15) is 0 Å². The van der Waals surface area contributed by atoms with E-state index < -0.39 is 0 Å². The lowest BCUT2D eigenvalue weighted by molar-refractivity contribution is 1.17. The Hall–Kier alpha value is -14.0. The Kier molecular flexibility index (Phi) is 20.4. The summed E-state index contributed by atoms with van der Waals surface area (Å²) in [7, 11) is 0. The van der Waals surface area contributed by atoms with E-state index in [0.717, 1.165) is 0 Å². The van der Waals surface area contributed by atoms with Crippen LogP contribution in [0.15, 0.2) is 388 Å². The first kappa shape index (κ1) is 74.4. The van der Waals surface area contributed by atoms with E-state index in [-0.39, 0.29) is 0 Å². The molecule has 0 spiro atoms. The van der Waals surface area contributed by atoms with Gasteiger partial charge in [0.05, 0.1) is 44.1 Å². The SMILES string of the molecule is Cc1ccc(-n2c3ccccc3c3cc(-c4ccccc4)ccc32)cc1.Cc1ccc(-n2c3ccccc3c3cc4c(cc32)sc2ccccc24)cc1.Cc1ccc(-n2c3ccccc3c3ccccc32)cc1.Cc1ccc(N(c2cc(C)cc(C)c2)c2cc(C)cc(C)c2)cc1.Cc1cccc(-n2c3ccccc3c3ccccc32)c1. The third-order valence-corrected chi connectivity index (χ3v) is 23.6. The zero-order valence-electron chi connectivity index (χ0n) is 67.6. The van der Waals surface area contributed by atoms with Crippen LogP contribution in [-0.4, -0.2) is 18.3 Å². The molecule has 0 saturated carbocycles. The van der Waals surface area contributed by atoms with Gasteiger partial charge in [-0.2, -0.15) is 0 Å². The summed E-state index contributed by atoms with van der Waals surface area (Å²) < 4.78 is 12.1. The van der Waals surface area contributed by atoms with Gasteiger partial charge in [0, 0.05) is 103 Å². The Bertz CT molecular complexity index is 7190. The van der Waals surface area contributed by atoms with Crippen molar-refractivity contribution < 1.29 is 0 Å². The fourth-order valence-electron chi connectivity index (χ4n) is 17.1. The van der Waals surface area contributed by atoms with Crippen molar-refractivity contribution in [2.45, 2.75) is 62.3 Å². The van der Waals surface area contributed by atoms with Crippen LogP contribution in [0.2, 0.25) is 0 Å². The summed E-state index contributed by atoms with van der Waals surface area (Å²) >= 11 is 1.88. The Morgan fingerprint density at radius 2 is 0.513 bits per heavy atom. The van der Waals surface area contributed by atoms with E-state index in [2.05, 4.69) is 474 Å². The first-order valence-electron chi connectivity index (χ1n) is 40.4. The van der Waals surface area contributed by atoms with Crippen molar-refractivity contribution in [2.24, 2.45) is 0 Å². The molecule has 0 aliphatic heterocycles. The summed E-state index contributed by atoms with van der Waals surface area (Å²) in [6.07, 6.45) is 0. The number of aryl methyl sites for hydroxylation is 9. The van der Waals surface area contributed by atoms with Gasteiger partial charge >= 0.3 is 0 Å². The molecular formula is C111H91N5S. The zero-order valence-corrected chi connectivity index (χ0v) is 68.4. The average Bonchev–Trinajstić information content (AvgIpc) is 1.58. The maximum absolute atomic E-state index is 2.40. The Labute approximate surface area is 688 Å². The largest absolute Gasteiger partial charge is 0.310 e. The van der Waals surface area contributed by atoms with Gasteiger partial charge in [-0.1, -0.05) is 259 Å². The Morgan fingerprint density at radius 3 is 0.932 bits per heavy atom. The van der Waals surface area contributed by atoms with Gasteiger partial charge in [0.15, 0.2) is 0 Å². The first-order valence-corrected chi connectivity index (χ1v) is 41.2. The second-order valence-electron chi connectivity index (χ2n) is 31.2. The molecule has 0 N–H and O–H groups in total. The molecule has 0 atom stereocenters. The molecule has 117 heavy (non-hydrogen) atoms. The normalized spacial score (nSPS) is 11.3. The molecule has 5 aromatic heterocycles. The highest BCUT2D eigenvalue weighted by atomic mass is 32.1. The smallest absolute Gasteiger partial charge is 0.0555 e. The molecule has 22 aromatic rings. The van der Waals surface area contributed by atoms with Crippen molar-refractivity contribution in [1.82, 2.24) is 18.3 Å². The van der Waals surface area contributed by atoms with Crippen LogP contribution >= 0.6 is 11.3 Å². The van der Waals surface area contributed by atoms with E-state index in [0.29, 0.717) is 0 Å². The summed E-state index contributed by atoms with van der Waals surface area (Å²) in [4.78, 5) is 2.35. The molecule has 0 amide bonds. The third-order valence-electron chi connectivity index (χ3n) is 22.5. The molecule has 0 radical (unpaired) electrons. The number of hydrogen-bond acceptors (Lipinski definition) is 2. The molecule has 0 saturated heterocycles. The minimum Gasteiger partial charge on any atom is -0.310 e. The van der Waals surface area contributed by atoms with E-state index in [1.54, 1.807) is 0 Å². The zero-order chi connectivity index (χ0) is 79.8. The second-order valence-corrected chi connectivity index (χ2v) is 32.3. The monoisotopic (exact) mass is 1530 g/mol. The van der Waals surface area contributed by atoms with E-state index in [4.69, 9.17) is 0 Å². The second kappa shape index (κ2) is 32.1. The van der Waals surface area contributed by atoms with Gasteiger partial charge in [0.25, 0.3) is 0 Å². The number of anilines is 3. The maximum Gasteiger partial charge on any atom is 0.0555 e. The maximum atomic E-state index is 2.40. The van der Waals surface area contributed by atoms with Crippen LogP contribution in [0.3, 0.4) is 0 Å². The molecule has 6 heteroatoms.